The van der Waals surface area contributed by atoms with Gasteiger partial charge in [0.1, 0.15) is 0 Å². The first-order valence-electron chi connectivity index (χ1n) is 8.77. The summed E-state index contributed by atoms with van der Waals surface area (Å²) in [5.41, 5.74) is 7.35. The van der Waals surface area contributed by atoms with Crippen LogP contribution in [-0.2, 0) is 11.3 Å². The largest absolute Gasteiger partial charge is 0.331 e. The van der Waals surface area contributed by atoms with Crippen molar-refractivity contribution in [2.45, 2.75) is 51.2 Å². The van der Waals surface area contributed by atoms with E-state index >= 15 is 0 Å². The highest BCUT2D eigenvalue weighted by Gasteiger charge is 2.30. The molecular weight excluding hydrogens is 316 g/mol. The zero-order chi connectivity index (χ0) is 16.9. The van der Waals surface area contributed by atoms with Crippen LogP contribution < -0.4 is 5.73 Å². The van der Waals surface area contributed by atoms with Gasteiger partial charge in [-0.15, -0.1) is 11.3 Å². The third kappa shape index (κ3) is 4.05. The minimum absolute atomic E-state index is 0.0929. The molecule has 128 valence electrons. The van der Waals surface area contributed by atoms with Crippen LogP contribution in [0.2, 0.25) is 0 Å². The Hall–Kier alpha value is -1.65. The van der Waals surface area contributed by atoms with E-state index in [-0.39, 0.29) is 18.0 Å². The molecule has 3 rings (SSSR count). The van der Waals surface area contributed by atoms with Crippen molar-refractivity contribution in [2.75, 3.05) is 0 Å². The summed E-state index contributed by atoms with van der Waals surface area (Å²) in [6, 6.07) is 14.7. The molecule has 0 radical (unpaired) electrons. The second-order valence-electron chi connectivity index (χ2n) is 6.76. The third-order valence-corrected chi connectivity index (χ3v) is 6.14. The number of carbonyl (C=O) groups excluding carboxylic acids is 1. The van der Waals surface area contributed by atoms with Gasteiger partial charge in [-0.05, 0) is 42.7 Å². The normalized spacial score (nSPS) is 21.6. The van der Waals surface area contributed by atoms with E-state index in [1.165, 1.54) is 10.4 Å². The lowest BCUT2D eigenvalue weighted by Gasteiger charge is -2.30. The highest BCUT2D eigenvalue weighted by atomic mass is 32.1. The number of thiophene rings is 1. The third-order valence-electron chi connectivity index (χ3n) is 5.09. The fourth-order valence-electron chi connectivity index (χ4n) is 3.56. The van der Waals surface area contributed by atoms with E-state index in [1.54, 1.807) is 11.3 Å². The van der Waals surface area contributed by atoms with E-state index in [0.29, 0.717) is 18.9 Å². The Morgan fingerprint density at radius 3 is 2.67 bits per heavy atom. The average Bonchev–Trinajstić information content (AvgIpc) is 3.25. The standard InChI is InChI=1S/C20H26N2OS/c1-15(19-11-6-12-24-19)22(14-16-7-3-2-4-8-16)20(23)13-17-9-5-10-18(17)21/h2-4,6-8,11-12,15,17-18H,5,9-10,13-14,21H2,1H3/t15?,17-,18+/m0/s1. The van der Waals surface area contributed by atoms with Crippen molar-refractivity contribution in [3.8, 4) is 0 Å². The molecule has 2 N–H and O–H groups in total. The van der Waals surface area contributed by atoms with Gasteiger partial charge in [0.05, 0.1) is 6.04 Å². The maximum atomic E-state index is 13.1. The fourth-order valence-corrected chi connectivity index (χ4v) is 4.36. The Morgan fingerprint density at radius 2 is 2.04 bits per heavy atom. The molecule has 4 heteroatoms. The fraction of sp³-hybridized carbons (Fsp3) is 0.450. The molecule has 24 heavy (non-hydrogen) atoms. The van der Waals surface area contributed by atoms with Crippen LogP contribution in [0, 0.1) is 5.92 Å². The van der Waals surface area contributed by atoms with Crippen LogP contribution in [0.4, 0.5) is 0 Å². The van der Waals surface area contributed by atoms with Crippen molar-refractivity contribution in [3.63, 3.8) is 0 Å². The number of rotatable bonds is 6. The predicted molar refractivity (Wildman–Crippen MR) is 99.7 cm³/mol. The summed E-state index contributed by atoms with van der Waals surface area (Å²) >= 11 is 1.71. The Labute approximate surface area is 148 Å². The second kappa shape index (κ2) is 7.95. The van der Waals surface area contributed by atoms with Crippen molar-refractivity contribution in [1.82, 2.24) is 4.90 Å². The molecule has 3 nitrogen and oxygen atoms in total. The average molecular weight is 343 g/mol. The lowest BCUT2D eigenvalue weighted by Crippen LogP contribution is -2.36. The molecule has 0 bridgehead atoms. The van der Waals surface area contributed by atoms with Crippen LogP contribution in [-0.4, -0.2) is 16.8 Å². The first-order valence-corrected chi connectivity index (χ1v) is 9.65. The molecule has 2 aromatic rings. The molecule has 1 saturated carbocycles. The van der Waals surface area contributed by atoms with E-state index in [9.17, 15) is 4.79 Å². The van der Waals surface area contributed by atoms with Crippen LogP contribution in [0.3, 0.4) is 0 Å². The molecule has 1 fully saturated rings. The molecule has 1 heterocycles. The first-order chi connectivity index (χ1) is 11.6. The van der Waals surface area contributed by atoms with E-state index in [0.717, 1.165) is 19.3 Å². The van der Waals surface area contributed by atoms with Crippen molar-refractivity contribution in [3.05, 3.63) is 58.3 Å². The number of nitrogens with zero attached hydrogens (tertiary/aromatic N) is 1. The van der Waals surface area contributed by atoms with Gasteiger partial charge in [0.15, 0.2) is 0 Å². The van der Waals surface area contributed by atoms with Gasteiger partial charge in [0.2, 0.25) is 5.91 Å². The van der Waals surface area contributed by atoms with Gasteiger partial charge in [0.25, 0.3) is 0 Å². The van der Waals surface area contributed by atoms with E-state index < -0.39 is 0 Å². The molecule has 1 aromatic heterocycles. The highest BCUT2D eigenvalue weighted by Crippen LogP contribution is 2.31. The maximum Gasteiger partial charge on any atom is 0.223 e. The second-order valence-corrected chi connectivity index (χ2v) is 7.74. The molecule has 0 spiro atoms. The summed E-state index contributed by atoms with van der Waals surface area (Å²) in [5.74, 6) is 0.563. The van der Waals surface area contributed by atoms with Gasteiger partial charge in [-0.3, -0.25) is 4.79 Å². The highest BCUT2D eigenvalue weighted by molar-refractivity contribution is 7.10. The number of hydrogen-bond acceptors (Lipinski definition) is 3. The molecule has 0 saturated heterocycles. The van der Waals surface area contributed by atoms with Crippen LogP contribution in [0.25, 0.3) is 0 Å². The quantitative estimate of drug-likeness (QED) is 0.848. The molecular formula is C20H26N2OS. The summed E-state index contributed by atoms with van der Waals surface area (Å²) < 4.78 is 0. The van der Waals surface area contributed by atoms with Gasteiger partial charge in [-0.1, -0.05) is 42.8 Å². The topological polar surface area (TPSA) is 46.3 Å². The van der Waals surface area contributed by atoms with Gasteiger partial charge >= 0.3 is 0 Å². The van der Waals surface area contributed by atoms with E-state index in [4.69, 9.17) is 5.73 Å². The predicted octanol–water partition coefficient (Wildman–Crippen LogP) is 4.36. The Kier molecular flexibility index (Phi) is 5.69. The number of nitrogens with two attached hydrogens (primary N) is 1. The van der Waals surface area contributed by atoms with Crippen molar-refractivity contribution in [2.24, 2.45) is 11.7 Å². The van der Waals surface area contributed by atoms with Gasteiger partial charge < -0.3 is 10.6 Å². The minimum atomic E-state index is 0.0929. The zero-order valence-electron chi connectivity index (χ0n) is 14.2. The van der Waals surface area contributed by atoms with Crippen molar-refractivity contribution in [1.29, 1.82) is 0 Å². The molecule has 1 aromatic carbocycles. The van der Waals surface area contributed by atoms with Crippen LogP contribution in [0.1, 0.15) is 49.1 Å². The summed E-state index contributed by atoms with van der Waals surface area (Å²) in [7, 11) is 0. The summed E-state index contributed by atoms with van der Waals surface area (Å²) in [6.07, 6.45) is 3.86. The molecule has 1 amide bonds. The first kappa shape index (κ1) is 17.2. The Morgan fingerprint density at radius 1 is 1.25 bits per heavy atom. The summed E-state index contributed by atoms with van der Waals surface area (Å²) in [6.45, 7) is 2.78. The maximum absolute atomic E-state index is 13.1. The Bertz CT molecular complexity index is 641. The number of hydrogen-bond donors (Lipinski definition) is 1. The van der Waals surface area contributed by atoms with E-state index in [2.05, 4.69) is 36.6 Å². The SMILES string of the molecule is CC(c1cccs1)N(Cc1ccccc1)C(=O)C[C@@H]1CCC[C@H]1N. The number of benzene rings is 1. The van der Waals surface area contributed by atoms with Crippen LogP contribution in [0.15, 0.2) is 47.8 Å². The Balaban J connectivity index is 1.76. The monoisotopic (exact) mass is 342 g/mol. The number of carbonyl (C=O) groups is 1. The number of amides is 1. The lowest BCUT2D eigenvalue weighted by atomic mass is 9.98. The smallest absolute Gasteiger partial charge is 0.223 e. The molecule has 0 aliphatic heterocycles. The summed E-state index contributed by atoms with van der Waals surface area (Å²) in [4.78, 5) is 16.3. The van der Waals surface area contributed by atoms with Crippen molar-refractivity contribution < 1.29 is 4.79 Å². The van der Waals surface area contributed by atoms with Crippen molar-refractivity contribution >= 4 is 17.2 Å². The molecule has 1 unspecified atom stereocenters. The van der Waals surface area contributed by atoms with Gasteiger partial charge in [0, 0.05) is 23.9 Å². The van der Waals surface area contributed by atoms with Gasteiger partial charge in [-0.2, -0.15) is 0 Å². The zero-order valence-corrected chi connectivity index (χ0v) is 15.0. The molecule has 1 aliphatic carbocycles. The van der Waals surface area contributed by atoms with Crippen LogP contribution >= 0.6 is 11.3 Å². The summed E-state index contributed by atoms with van der Waals surface area (Å²) in [5, 5.41) is 2.07. The molecule has 3 atom stereocenters. The van der Waals surface area contributed by atoms with Gasteiger partial charge in [-0.25, -0.2) is 0 Å². The lowest BCUT2D eigenvalue weighted by molar-refractivity contribution is -0.135. The molecule has 1 aliphatic rings. The minimum Gasteiger partial charge on any atom is -0.331 e. The van der Waals surface area contributed by atoms with E-state index in [1.807, 2.05) is 23.1 Å². The van der Waals surface area contributed by atoms with Crippen LogP contribution in [0.5, 0.6) is 0 Å².